The largest absolute Gasteiger partial charge is 0.395 e. The van der Waals surface area contributed by atoms with Gasteiger partial charge in [-0.2, -0.15) is 13.2 Å². The lowest BCUT2D eigenvalue weighted by Crippen LogP contribution is -2.11. The Morgan fingerprint density at radius 3 is 1.64 bits per heavy atom. The van der Waals surface area contributed by atoms with Gasteiger partial charge < -0.3 is 5.32 Å². The Morgan fingerprint density at radius 2 is 1.64 bits per heavy atom. The lowest BCUT2D eigenvalue weighted by Gasteiger charge is -1.99. The summed E-state index contributed by atoms with van der Waals surface area (Å²) >= 11 is 0. The predicted octanol–water partition coefficient (Wildman–Crippen LogP) is 1.36. The molecule has 0 saturated carbocycles. The fourth-order valence-electron chi connectivity index (χ4n) is 0.282. The van der Waals surface area contributed by atoms with Crippen molar-refractivity contribution in [2.75, 3.05) is 14.1 Å². The second kappa shape index (κ2) is 6.15. The second-order valence-corrected chi connectivity index (χ2v) is 1.99. The molecule has 0 fully saturated rings. The van der Waals surface area contributed by atoms with Crippen molar-refractivity contribution in [1.82, 2.24) is 5.32 Å². The zero-order valence-corrected chi connectivity index (χ0v) is 6.75. The SMILES string of the molecule is CC(=O)CC(F)(F)F.CNC. The van der Waals surface area contributed by atoms with Crippen molar-refractivity contribution < 1.29 is 18.0 Å². The molecule has 0 amide bonds. The fourth-order valence-corrected chi connectivity index (χ4v) is 0.282. The van der Waals surface area contributed by atoms with Crippen LogP contribution in [0.15, 0.2) is 0 Å². The zero-order chi connectivity index (χ0) is 9.49. The number of Topliss-reactive ketones (excluding diaryl/α,β-unsaturated/α-hetero) is 1. The quantitative estimate of drug-likeness (QED) is 0.645. The van der Waals surface area contributed by atoms with Gasteiger partial charge in [-0.25, -0.2) is 0 Å². The molecule has 0 aromatic heterocycles. The molecule has 0 unspecified atom stereocenters. The van der Waals surface area contributed by atoms with Gasteiger partial charge in [0.15, 0.2) is 0 Å². The monoisotopic (exact) mass is 171 g/mol. The van der Waals surface area contributed by atoms with Crippen molar-refractivity contribution in [2.45, 2.75) is 19.5 Å². The minimum absolute atomic E-state index is 0.850. The van der Waals surface area contributed by atoms with E-state index in [1.807, 2.05) is 14.1 Å². The van der Waals surface area contributed by atoms with Crippen LogP contribution in [0.2, 0.25) is 0 Å². The smallest absolute Gasteiger partial charge is 0.323 e. The van der Waals surface area contributed by atoms with Crippen molar-refractivity contribution in [3.05, 3.63) is 0 Å². The van der Waals surface area contributed by atoms with E-state index in [1.54, 1.807) is 0 Å². The van der Waals surface area contributed by atoms with Gasteiger partial charge in [-0.15, -0.1) is 0 Å². The van der Waals surface area contributed by atoms with E-state index in [4.69, 9.17) is 0 Å². The van der Waals surface area contributed by atoms with Crippen molar-refractivity contribution in [1.29, 1.82) is 0 Å². The molecule has 1 N–H and O–H groups in total. The highest BCUT2D eigenvalue weighted by atomic mass is 19.4. The van der Waals surface area contributed by atoms with Crippen LogP contribution in [0.1, 0.15) is 13.3 Å². The third kappa shape index (κ3) is 26.5. The van der Waals surface area contributed by atoms with Gasteiger partial charge in [-0.1, -0.05) is 0 Å². The summed E-state index contributed by atoms with van der Waals surface area (Å²) in [5.41, 5.74) is 0. The molecule has 0 aliphatic rings. The lowest BCUT2D eigenvalue weighted by molar-refractivity contribution is -0.150. The number of hydrogen-bond donors (Lipinski definition) is 1. The van der Waals surface area contributed by atoms with Crippen LogP contribution in [0.3, 0.4) is 0 Å². The Morgan fingerprint density at radius 1 is 1.36 bits per heavy atom. The molecule has 0 radical (unpaired) electrons. The molecule has 0 aromatic rings. The van der Waals surface area contributed by atoms with Crippen LogP contribution >= 0.6 is 0 Å². The summed E-state index contributed by atoms with van der Waals surface area (Å²) in [7, 11) is 3.75. The summed E-state index contributed by atoms with van der Waals surface area (Å²) in [5.74, 6) is -0.850. The molecule has 0 atom stereocenters. The number of alkyl halides is 3. The summed E-state index contributed by atoms with van der Waals surface area (Å²) in [5, 5.41) is 2.75. The Labute approximate surface area is 63.8 Å². The maximum atomic E-state index is 11.1. The number of rotatable bonds is 1. The molecule has 5 heteroatoms. The zero-order valence-electron chi connectivity index (χ0n) is 6.75. The van der Waals surface area contributed by atoms with Gasteiger partial charge in [-0.05, 0) is 21.0 Å². The minimum atomic E-state index is -4.33. The molecule has 0 rings (SSSR count). The first-order chi connectivity index (χ1) is 4.83. The van der Waals surface area contributed by atoms with Crippen molar-refractivity contribution in [2.24, 2.45) is 0 Å². The van der Waals surface area contributed by atoms with Gasteiger partial charge in [0.1, 0.15) is 12.2 Å². The molecule has 0 bridgehead atoms. The third-order valence-electron chi connectivity index (χ3n) is 0.449. The number of ketones is 1. The summed E-state index contributed by atoms with van der Waals surface area (Å²) in [6.45, 7) is 0.910. The second-order valence-electron chi connectivity index (χ2n) is 1.99. The Balaban J connectivity index is 0. The number of carbonyl (C=O) groups excluding carboxylic acids is 1. The lowest BCUT2D eigenvalue weighted by atomic mass is 10.3. The number of carbonyl (C=O) groups is 1. The van der Waals surface area contributed by atoms with Gasteiger partial charge in [0, 0.05) is 0 Å². The first-order valence-electron chi connectivity index (χ1n) is 2.98. The first kappa shape index (κ1) is 13.0. The summed E-state index contributed by atoms with van der Waals surface area (Å²) in [6, 6.07) is 0. The van der Waals surface area contributed by atoms with Crippen molar-refractivity contribution in [3.63, 3.8) is 0 Å². The molecule has 0 spiro atoms. The highest BCUT2D eigenvalue weighted by Gasteiger charge is 2.28. The molecule has 0 aromatic carbocycles. The normalized spacial score (nSPS) is 10.0. The topological polar surface area (TPSA) is 29.1 Å². The first-order valence-corrected chi connectivity index (χ1v) is 2.98. The van der Waals surface area contributed by atoms with Gasteiger partial charge in [-0.3, -0.25) is 4.79 Å². The number of nitrogens with one attached hydrogen (secondary N) is 1. The van der Waals surface area contributed by atoms with E-state index >= 15 is 0 Å². The van der Waals surface area contributed by atoms with Crippen molar-refractivity contribution >= 4 is 5.78 Å². The molecule has 0 aliphatic heterocycles. The molecular weight excluding hydrogens is 159 g/mol. The molecular formula is C6H12F3NO. The molecule has 0 saturated heterocycles. The Bertz CT molecular complexity index is 111. The molecule has 0 aliphatic carbocycles. The summed E-state index contributed by atoms with van der Waals surface area (Å²) in [4.78, 5) is 9.74. The minimum Gasteiger partial charge on any atom is -0.323 e. The van der Waals surface area contributed by atoms with E-state index in [0.29, 0.717) is 0 Å². The van der Waals surface area contributed by atoms with Crippen LogP contribution in [0, 0.1) is 0 Å². The van der Waals surface area contributed by atoms with Crippen LogP contribution in [-0.4, -0.2) is 26.1 Å². The standard InChI is InChI=1S/C4H5F3O.C2H7N/c1-3(8)2-4(5,6)7;1-3-2/h2H2,1H3;3H,1-2H3. The van der Waals surface area contributed by atoms with E-state index < -0.39 is 18.4 Å². The summed E-state index contributed by atoms with van der Waals surface area (Å²) in [6.07, 6.45) is -5.64. The predicted molar refractivity (Wildman–Crippen MR) is 36.3 cm³/mol. The molecule has 2 nitrogen and oxygen atoms in total. The van der Waals surface area contributed by atoms with Gasteiger partial charge in [0.2, 0.25) is 0 Å². The van der Waals surface area contributed by atoms with Gasteiger partial charge >= 0.3 is 6.18 Å². The van der Waals surface area contributed by atoms with E-state index in [0.717, 1.165) is 6.92 Å². The third-order valence-corrected chi connectivity index (χ3v) is 0.449. The van der Waals surface area contributed by atoms with E-state index in [2.05, 4.69) is 5.32 Å². The number of halogens is 3. The van der Waals surface area contributed by atoms with Gasteiger partial charge in [0.25, 0.3) is 0 Å². The van der Waals surface area contributed by atoms with Gasteiger partial charge in [0.05, 0.1) is 0 Å². The Kier molecular flexibility index (Phi) is 7.29. The average Bonchev–Trinajstić information content (AvgIpc) is 1.57. The molecule has 11 heavy (non-hydrogen) atoms. The van der Waals surface area contributed by atoms with Crippen LogP contribution < -0.4 is 5.32 Å². The maximum absolute atomic E-state index is 11.1. The van der Waals surface area contributed by atoms with Crippen LogP contribution in [0.5, 0.6) is 0 Å². The number of hydrogen-bond acceptors (Lipinski definition) is 2. The summed E-state index contributed by atoms with van der Waals surface area (Å²) < 4.78 is 33.3. The molecule has 0 heterocycles. The average molecular weight is 171 g/mol. The van der Waals surface area contributed by atoms with Crippen LogP contribution in [0.4, 0.5) is 13.2 Å². The van der Waals surface area contributed by atoms with E-state index in [-0.39, 0.29) is 0 Å². The van der Waals surface area contributed by atoms with Crippen molar-refractivity contribution in [3.8, 4) is 0 Å². The van der Waals surface area contributed by atoms with E-state index in [9.17, 15) is 18.0 Å². The Hall–Kier alpha value is -0.580. The maximum Gasteiger partial charge on any atom is 0.395 e. The highest BCUT2D eigenvalue weighted by molar-refractivity contribution is 5.76. The van der Waals surface area contributed by atoms with Crippen LogP contribution in [0.25, 0.3) is 0 Å². The highest BCUT2D eigenvalue weighted by Crippen LogP contribution is 2.18. The van der Waals surface area contributed by atoms with E-state index in [1.165, 1.54) is 0 Å². The molecule has 68 valence electrons. The fraction of sp³-hybridized carbons (Fsp3) is 0.833. The van der Waals surface area contributed by atoms with Crippen LogP contribution in [-0.2, 0) is 4.79 Å².